The van der Waals surface area contributed by atoms with Gasteiger partial charge in [0.25, 0.3) is 0 Å². The Labute approximate surface area is 125 Å². The van der Waals surface area contributed by atoms with E-state index >= 15 is 0 Å². The van der Waals surface area contributed by atoms with E-state index in [2.05, 4.69) is 19.1 Å². The minimum atomic E-state index is -0.241. The number of ether oxygens (including phenoxy) is 2. The number of aryl methyl sites for hydroxylation is 1. The summed E-state index contributed by atoms with van der Waals surface area (Å²) < 4.78 is 11.1. The summed E-state index contributed by atoms with van der Waals surface area (Å²) in [5.74, 6) is 1.13. The molecule has 0 aromatic heterocycles. The number of esters is 1. The topological polar surface area (TPSA) is 35.5 Å². The van der Waals surface area contributed by atoms with Crippen LogP contribution in [0.5, 0.6) is 11.5 Å². The fourth-order valence-corrected chi connectivity index (χ4v) is 1.90. The third-order valence-corrected chi connectivity index (χ3v) is 3.21. The number of carbonyl (C=O) groups is 1. The summed E-state index contributed by atoms with van der Waals surface area (Å²) >= 11 is 0. The first kappa shape index (κ1) is 15.1. The predicted octanol–water partition coefficient (Wildman–Crippen LogP) is 4.14. The minimum absolute atomic E-state index is 0.241. The maximum Gasteiger partial charge on any atom is 0.310 e. The molecule has 3 heteroatoms. The zero-order valence-corrected chi connectivity index (χ0v) is 12.5. The van der Waals surface area contributed by atoms with E-state index in [-0.39, 0.29) is 5.97 Å². The van der Waals surface area contributed by atoms with Crippen molar-refractivity contribution in [3.63, 3.8) is 0 Å². The molecular weight excluding hydrogens is 264 g/mol. The standard InChI is InChI=1S/C18H20O3/c1-3-14-9-11-16(12-10-14)20-13-15-7-5-6-8-17(15)21-18(19)4-2/h5-12H,3-4,13H2,1-2H3. The molecule has 2 aromatic rings. The minimum Gasteiger partial charge on any atom is -0.489 e. The highest BCUT2D eigenvalue weighted by atomic mass is 16.5. The second-order valence-electron chi connectivity index (χ2n) is 4.72. The highest BCUT2D eigenvalue weighted by molar-refractivity contribution is 5.72. The average Bonchev–Trinajstić information content (AvgIpc) is 2.54. The highest BCUT2D eigenvalue weighted by Gasteiger charge is 2.07. The summed E-state index contributed by atoms with van der Waals surface area (Å²) in [5.41, 5.74) is 2.14. The largest absolute Gasteiger partial charge is 0.489 e. The van der Waals surface area contributed by atoms with Crippen LogP contribution in [0, 0.1) is 0 Å². The second-order valence-corrected chi connectivity index (χ2v) is 4.72. The number of para-hydroxylation sites is 1. The second kappa shape index (κ2) is 7.48. The van der Waals surface area contributed by atoms with Crippen molar-refractivity contribution in [2.75, 3.05) is 0 Å². The zero-order valence-electron chi connectivity index (χ0n) is 12.5. The van der Waals surface area contributed by atoms with Crippen molar-refractivity contribution in [3.8, 4) is 11.5 Å². The molecule has 2 aromatic carbocycles. The van der Waals surface area contributed by atoms with Gasteiger partial charge in [-0.25, -0.2) is 0 Å². The summed E-state index contributed by atoms with van der Waals surface area (Å²) in [5, 5.41) is 0. The smallest absolute Gasteiger partial charge is 0.310 e. The van der Waals surface area contributed by atoms with E-state index in [0.29, 0.717) is 18.8 Å². The SMILES string of the molecule is CCC(=O)Oc1ccccc1COc1ccc(CC)cc1. The van der Waals surface area contributed by atoms with E-state index in [9.17, 15) is 4.79 Å². The Hall–Kier alpha value is -2.29. The van der Waals surface area contributed by atoms with E-state index in [1.165, 1.54) is 5.56 Å². The first-order valence-electron chi connectivity index (χ1n) is 7.23. The Morgan fingerprint density at radius 3 is 2.38 bits per heavy atom. The number of carbonyl (C=O) groups excluding carboxylic acids is 1. The number of rotatable bonds is 6. The third kappa shape index (κ3) is 4.35. The van der Waals surface area contributed by atoms with Crippen molar-refractivity contribution < 1.29 is 14.3 Å². The molecule has 21 heavy (non-hydrogen) atoms. The normalized spacial score (nSPS) is 10.2. The van der Waals surface area contributed by atoms with E-state index in [1.807, 2.05) is 30.3 Å². The molecule has 0 radical (unpaired) electrons. The molecule has 0 amide bonds. The molecule has 0 heterocycles. The molecular formula is C18H20O3. The van der Waals surface area contributed by atoms with Crippen LogP contribution in [0.25, 0.3) is 0 Å². The van der Waals surface area contributed by atoms with E-state index < -0.39 is 0 Å². The molecule has 0 aliphatic carbocycles. The first-order valence-corrected chi connectivity index (χ1v) is 7.23. The predicted molar refractivity (Wildman–Crippen MR) is 82.5 cm³/mol. The lowest BCUT2D eigenvalue weighted by Gasteiger charge is -2.11. The Kier molecular flexibility index (Phi) is 5.38. The molecule has 0 N–H and O–H groups in total. The van der Waals surface area contributed by atoms with Gasteiger partial charge in [0.2, 0.25) is 0 Å². The van der Waals surface area contributed by atoms with Crippen LogP contribution in [0.4, 0.5) is 0 Å². The Balaban J connectivity index is 2.03. The molecule has 2 rings (SSSR count). The molecule has 0 aliphatic heterocycles. The van der Waals surface area contributed by atoms with Crippen LogP contribution >= 0.6 is 0 Å². The van der Waals surface area contributed by atoms with Crippen LogP contribution in [0.15, 0.2) is 48.5 Å². The van der Waals surface area contributed by atoms with Crippen molar-refractivity contribution in [1.82, 2.24) is 0 Å². The monoisotopic (exact) mass is 284 g/mol. The van der Waals surface area contributed by atoms with Gasteiger partial charge in [-0.15, -0.1) is 0 Å². The van der Waals surface area contributed by atoms with Gasteiger partial charge in [0.15, 0.2) is 0 Å². The molecule has 0 unspecified atom stereocenters. The van der Waals surface area contributed by atoms with Crippen molar-refractivity contribution in [3.05, 3.63) is 59.7 Å². The molecule has 0 fully saturated rings. The van der Waals surface area contributed by atoms with Crippen molar-refractivity contribution >= 4 is 5.97 Å². The van der Waals surface area contributed by atoms with E-state index in [4.69, 9.17) is 9.47 Å². The van der Waals surface area contributed by atoms with Gasteiger partial charge in [-0.2, -0.15) is 0 Å². The maximum atomic E-state index is 11.4. The molecule has 0 saturated carbocycles. The lowest BCUT2D eigenvalue weighted by Crippen LogP contribution is -2.08. The van der Waals surface area contributed by atoms with E-state index in [1.54, 1.807) is 13.0 Å². The average molecular weight is 284 g/mol. The summed E-state index contributed by atoms with van der Waals surface area (Å²) in [6.07, 6.45) is 1.36. The van der Waals surface area contributed by atoms with Gasteiger partial charge in [0.05, 0.1) is 0 Å². The lowest BCUT2D eigenvalue weighted by molar-refractivity contribution is -0.134. The Morgan fingerprint density at radius 1 is 1.00 bits per heavy atom. The van der Waals surface area contributed by atoms with E-state index in [0.717, 1.165) is 17.7 Å². The van der Waals surface area contributed by atoms with Gasteiger partial charge in [-0.1, -0.05) is 44.2 Å². The molecule has 0 atom stereocenters. The van der Waals surface area contributed by atoms with Crippen LogP contribution in [0.1, 0.15) is 31.4 Å². The quantitative estimate of drug-likeness (QED) is 0.590. The fraction of sp³-hybridized carbons (Fsp3) is 0.278. The van der Waals surface area contributed by atoms with Crippen LogP contribution < -0.4 is 9.47 Å². The molecule has 3 nitrogen and oxygen atoms in total. The van der Waals surface area contributed by atoms with Crippen molar-refractivity contribution in [1.29, 1.82) is 0 Å². The van der Waals surface area contributed by atoms with Gasteiger partial charge in [0.1, 0.15) is 18.1 Å². The first-order chi connectivity index (χ1) is 10.2. The van der Waals surface area contributed by atoms with Gasteiger partial charge in [0, 0.05) is 12.0 Å². The fourth-order valence-electron chi connectivity index (χ4n) is 1.90. The van der Waals surface area contributed by atoms with Gasteiger partial charge >= 0.3 is 5.97 Å². The number of hydrogen-bond donors (Lipinski definition) is 0. The molecule has 0 bridgehead atoms. The van der Waals surface area contributed by atoms with Crippen LogP contribution in [-0.2, 0) is 17.8 Å². The summed E-state index contributed by atoms with van der Waals surface area (Å²) in [6.45, 7) is 4.27. The van der Waals surface area contributed by atoms with Crippen molar-refractivity contribution in [2.24, 2.45) is 0 Å². The Morgan fingerprint density at radius 2 is 1.71 bits per heavy atom. The van der Waals surface area contributed by atoms with Crippen LogP contribution in [0.3, 0.4) is 0 Å². The van der Waals surface area contributed by atoms with Crippen LogP contribution in [-0.4, -0.2) is 5.97 Å². The van der Waals surface area contributed by atoms with Gasteiger partial charge in [-0.05, 0) is 30.2 Å². The highest BCUT2D eigenvalue weighted by Crippen LogP contribution is 2.21. The number of benzene rings is 2. The van der Waals surface area contributed by atoms with Gasteiger partial charge < -0.3 is 9.47 Å². The maximum absolute atomic E-state index is 11.4. The molecule has 0 saturated heterocycles. The summed E-state index contributed by atoms with van der Waals surface area (Å²) in [6, 6.07) is 15.5. The summed E-state index contributed by atoms with van der Waals surface area (Å²) in [4.78, 5) is 11.4. The zero-order chi connectivity index (χ0) is 15.1. The third-order valence-electron chi connectivity index (χ3n) is 3.21. The van der Waals surface area contributed by atoms with Crippen LogP contribution in [0.2, 0.25) is 0 Å². The van der Waals surface area contributed by atoms with Crippen molar-refractivity contribution in [2.45, 2.75) is 33.3 Å². The molecule has 110 valence electrons. The molecule has 0 aliphatic rings. The Bertz CT molecular complexity index is 588. The van der Waals surface area contributed by atoms with Gasteiger partial charge in [-0.3, -0.25) is 4.79 Å². The lowest BCUT2D eigenvalue weighted by atomic mass is 10.2. The summed E-state index contributed by atoms with van der Waals surface area (Å²) in [7, 11) is 0. The number of hydrogen-bond acceptors (Lipinski definition) is 3. The molecule has 0 spiro atoms.